The van der Waals surface area contributed by atoms with Crippen LogP contribution in [0.15, 0.2) is 30.3 Å². The van der Waals surface area contributed by atoms with Gasteiger partial charge >= 0.3 is 11.9 Å². The highest BCUT2D eigenvalue weighted by molar-refractivity contribution is 5.88. The van der Waals surface area contributed by atoms with E-state index in [1.54, 1.807) is 13.8 Å². The van der Waals surface area contributed by atoms with E-state index in [9.17, 15) is 24.6 Å². The molecule has 29 heavy (non-hydrogen) atoms. The number of aliphatic carboxylic acids is 1. The summed E-state index contributed by atoms with van der Waals surface area (Å²) in [5.74, 6) is -2.26. The van der Waals surface area contributed by atoms with Crippen LogP contribution in [0.4, 0.5) is 0 Å². The molecule has 1 saturated heterocycles. The van der Waals surface area contributed by atoms with Crippen LogP contribution in [-0.4, -0.2) is 82.5 Å². The van der Waals surface area contributed by atoms with Gasteiger partial charge in [-0.05, 0) is 39.3 Å². The standard InChI is InChI=1S/C20H29N3O6/c1-4-29-19(27)15(11-10-14-8-6-5-7-9-14)21-13(2)17(24)23-16(18(25)26)12-22(3)20(23)28/h5-9,13,15-16,20-21,28H,4,10-12H2,1-3H3,(H,25,26)/t13-,15-,16?,20-/m0/s1. The number of benzene rings is 1. The zero-order chi connectivity index (χ0) is 21.6. The van der Waals surface area contributed by atoms with E-state index in [2.05, 4.69) is 5.32 Å². The first-order valence-electron chi connectivity index (χ1n) is 9.66. The van der Waals surface area contributed by atoms with Gasteiger partial charge in [0.15, 0.2) is 6.35 Å². The van der Waals surface area contributed by atoms with Crippen LogP contribution < -0.4 is 5.32 Å². The number of likely N-dealkylation sites (N-methyl/N-ethyl adjacent to an activating group) is 1. The Morgan fingerprint density at radius 1 is 1.28 bits per heavy atom. The van der Waals surface area contributed by atoms with Crippen LogP contribution in [0.5, 0.6) is 0 Å². The summed E-state index contributed by atoms with van der Waals surface area (Å²) >= 11 is 0. The molecular weight excluding hydrogens is 378 g/mol. The van der Waals surface area contributed by atoms with Crippen LogP contribution in [-0.2, 0) is 25.5 Å². The molecule has 160 valence electrons. The summed E-state index contributed by atoms with van der Waals surface area (Å²) in [5.41, 5.74) is 1.05. The highest BCUT2D eigenvalue weighted by atomic mass is 16.5. The molecule has 4 atom stereocenters. The summed E-state index contributed by atoms with van der Waals surface area (Å²) in [6.45, 7) is 3.47. The number of esters is 1. The number of aliphatic hydroxyl groups is 1. The van der Waals surface area contributed by atoms with E-state index in [1.807, 2.05) is 30.3 Å². The van der Waals surface area contributed by atoms with Crippen LogP contribution in [0.2, 0.25) is 0 Å². The molecule has 1 aliphatic heterocycles. The summed E-state index contributed by atoms with van der Waals surface area (Å²) in [6.07, 6.45) is -0.325. The van der Waals surface area contributed by atoms with E-state index in [0.717, 1.165) is 10.5 Å². The lowest BCUT2D eigenvalue weighted by molar-refractivity contribution is -0.159. The number of hydrogen-bond acceptors (Lipinski definition) is 7. The van der Waals surface area contributed by atoms with E-state index in [0.29, 0.717) is 12.8 Å². The first-order valence-corrected chi connectivity index (χ1v) is 9.66. The number of aliphatic hydroxyl groups excluding tert-OH is 1. The molecule has 1 unspecified atom stereocenters. The number of nitrogens with zero attached hydrogens (tertiary/aromatic N) is 2. The van der Waals surface area contributed by atoms with Gasteiger partial charge in [-0.25, -0.2) is 4.79 Å². The summed E-state index contributed by atoms with van der Waals surface area (Å²) in [7, 11) is 1.53. The van der Waals surface area contributed by atoms with Gasteiger partial charge in [0, 0.05) is 6.54 Å². The summed E-state index contributed by atoms with van der Waals surface area (Å²) in [4.78, 5) is 39.0. The normalized spacial score (nSPS) is 21.6. The van der Waals surface area contributed by atoms with Crippen molar-refractivity contribution < 1.29 is 29.3 Å². The van der Waals surface area contributed by atoms with Gasteiger partial charge in [-0.15, -0.1) is 0 Å². The average molecular weight is 407 g/mol. The van der Waals surface area contributed by atoms with Gasteiger partial charge in [0.2, 0.25) is 5.91 Å². The third-order valence-corrected chi connectivity index (χ3v) is 4.94. The van der Waals surface area contributed by atoms with Crippen LogP contribution in [0, 0.1) is 0 Å². The lowest BCUT2D eigenvalue weighted by atomic mass is 10.0. The quantitative estimate of drug-likeness (QED) is 0.491. The molecule has 1 fully saturated rings. The number of carboxylic acid groups (broad SMARTS) is 1. The fourth-order valence-corrected chi connectivity index (χ4v) is 3.36. The maximum Gasteiger partial charge on any atom is 0.327 e. The molecule has 0 aromatic heterocycles. The molecule has 1 heterocycles. The molecule has 0 bridgehead atoms. The molecule has 2 rings (SSSR count). The number of aryl methyl sites for hydroxylation is 1. The minimum Gasteiger partial charge on any atom is -0.480 e. The van der Waals surface area contributed by atoms with E-state index in [-0.39, 0.29) is 13.2 Å². The van der Waals surface area contributed by atoms with E-state index >= 15 is 0 Å². The molecule has 1 aromatic carbocycles. The average Bonchev–Trinajstić information content (AvgIpc) is 3.00. The maximum atomic E-state index is 12.9. The number of hydrogen-bond donors (Lipinski definition) is 3. The molecule has 1 aromatic rings. The van der Waals surface area contributed by atoms with Crippen molar-refractivity contribution in [3.8, 4) is 0 Å². The van der Waals surface area contributed by atoms with Crippen molar-refractivity contribution in [3.63, 3.8) is 0 Å². The topological polar surface area (TPSA) is 119 Å². The highest BCUT2D eigenvalue weighted by Gasteiger charge is 2.45. The summed E-state index contributed by atoms with van der Waals surface area (Å²) in [5, 5.41) is 22.6. The van der Waals surface area contributed by atoms with Crippen LogP contribution >= 0.6 is 0 Å². The molecule has 9 heteroatoms. The van der Waals surface area contributed by atoms with Gasteiger partial charge in [-0.1, -0.05) is 30.3 Å². The second kappa shape index (κ2) is 10.3. The Morgan fingerprint density at radius 3 is 2.52 bits per heavy atom. The van der Waals surface area contributed by atoms with Crippen molar-refractivity contribution in [2.24, 2.45) is 0 Å². The maximum absolute atomic E-state index is 12.9. The Morgan fingerprint density at radius 2 is 1.93 bits per heavy atom. The number of carboxylic acids is 1. The van der Waals surface area contributed by atoms with Crippen molar-refractivity contribution in [2.75, 3.05) is 20.2 Å². The van der Waals surface area contributed by atoms with Crippen LogP contribution in [0.3, 0.4) is 0 Å². The Balaban J connectivity index is 2.08. The molecule has 1 aliphatic rings. The zero-order valence-electron chi connectivity index (χ0n) is 16.9. The number of rotatable bonds is 9. The number of amides is 1. The minimum atomic E-state index is -1.33. The van der Waals surface area contributed by atoms with E-state index in [4.69, 9.17) is 4.74 Å². The Hall–Kier alpha value is -2.49. The SMILES string of the molecule is CCOC(=O)[C@H](CCc1ccccc1)N[C@@H](C)C(=O)N1C(C(=O)O)CN(C)[C@@H]1O. The molecule has 9 nitrogen and oxygen atoms in total. The molecule has 0 aliphatic carbocycles. The van der Waals surface area contributed by atoms with Crippen molar-refractivity contribution in [3.05, 3.63) is 35.9 Å². The van der Waals surface area contributed by atoms with Gasteiger partial charge in [-0.3, -0.25) is 24.7 Å². The smallest absolute Gasteiger partial charge is 0.327 e. The molecule has 0 saturated carbocycles. The van der Waals surface area contributed by atoms with Crippen molar-refractivity contribution >= 4 is 17.8 Å². The zero-order valence-corrected chi connectivity index (χ0v) is 16.9. The van der Waals surface area contributed by atoms with Gasteiger partial charge in [0.25, 0.3) is 0 Å². The van der Waals surface area contributed by atoms with Crippen molar-refractivity contribution in [1.82, 2.24) is 15.1 Å². The lowest BCUT2D eigenvalue weighted by Gasteiger charge is -2.30. The molecule has 1 amide bonds. The predicted molar refractivity (Wildman–Crippen MR) is 105 cm³/mol. The highest BCUT2D eigenvalue weighted by Crippen LogP contribution is 2.19. The first-order chi connectivity index (χ1) is 13.8. The third kappa shape index (κ3) is 5.75. The number of ether oxygens (including phenoxy) is 1. The van der Waals surface area contributed by atoms with E-state index < -0.39 is 42.3 Å². The number of carbonyl (C=O) groups excluding carboxylic acids is 2. The van der Waals surface area contributed by atoms with E-state index in [1.165, 1.54) is 11.9 Å². The Labute approximate surface area is 170 Å². The molecular formula is C20H29N3O6. The van der Waals surface area contributed by atoms with Crippen molar-refractivity contribution in [1.29, 1.82) is 0 Å². The van der Waals surface area contributed by atoms with Gasteiger partial charge < -0.3 is 14.9 Å². The molecule has 0 radical (unpaired) electrons. The monoisotopic (exact) mass is 407 g/mol. The van der Waals surface area contributed by atoms with Gasteiger partial charge in [-0.2, -0.15) is 0 Å². The van der Waals surface area contributed by atoms with Crippen LogP contribution in [0.25, 0.3) is 0 Å². The van der Waals surface area contributed by atoms with Crippen LogP contribution in [0.1, 0.15) is 25.8 Å². The largest absolute Gasteiger partial charge is 0.480 e. The summed E-state index contributed by atoms with van der Waals surface area (Å²) in [6, 6.07) is 6.84. The second-order valence-electron chi connectivity index (χ2n) is 7.10. The van der Waals surface area contributed by atoms with Gasteiger partial charge in [0.1, 0.15) is 12.1 Å². The fraction of sp³-hybridized carbons (Fsp3) is 0.550. The van der Waals surface area contributed by atoms with Gasteiger partial charge in [0.05, 0.1) is 12.6 Å². The predicted octanol–water partition coefficient (Wildman–Crippen LogP) is 0.0321. The minimum absolute atomic E-state index is 0.0181. The Bertz CT molecular complexity index is 713. The fourth-order valence-electron chi connectivity index (χ4n) is 3.36. The summed E-state index contributed by atoms with van der Waals surface area (Å²) < 4.78 is 5.12. The number of nitrogens with one attached hydrogen (secondary N) is 1. The molecule has 3 N–H and O–H groups in total. The third-order valence-electron chi connectivity index (χ3n) is 4.94. The first kappa shape index (κ1) is 22.8. The Kier molecular flexibility index (Phi) is 8.12. The number of carbonyl (C=O) groups is 3. The lowest BCUT2D eigenvalue weighted by Crippen LogP contribution is -2.56. The molecule has 0 spiro atoms. The van der Waals surface area contributed by atoms with Crippen molar-refractivity contribution in [2.45, 2.75) is 51.2 Å². The second-order valence-corrected chi connectivity index (χ2v) is 7.10.